The van der Waals surface area contributed by atoms with Crippen molar-refractivity contribution in [3.63, 3.8) is 0 Å². The van der Waals surface area contributed by atoms with E-state index in [2.05, 4.69) is 11.9 Å². The quantitative estimate of drug-likeness (QED) is 0.846. The van der Waals surface area contributed by atoms with E-state index >= 15 is 0 Å². The highest BCUT2D eigenvalue weighted by Gasteiger charge is 2.13. The van der Waals surface area contributed by atoms with Gasteiger partial charge in [0.05, 0.1) is 17.8 Å². The van der Waals surface area contributed by atoms with Crippen LogP contribution in [0.15, 0.2) is 17.5 Å². The number of aromatic nitrogens is 1. The maximum absolute atomic E-state index is 6.09. The van der Waals surface area contributed by atoms with E-state index in [0.29, 0.717) is 36.1 Å². The summed E-state index contributed by atoms with van der Waals surface area (Å²) in [5.41, 5.74) is 7.52. The van der Waals surface area contributed by atoms with Crippen molar-refractivity contribution in [1.82, 2.24) is 4.98 Å². The van der Waals surface area contributed by atoms with Crippen LogP contribution >= 0.6 is 22.9 Å². The summed E-state index contributed by atoms with van der Waals surface area (Å²) in [6.07, 6.45) is 1.62. The number of benzene rings is 1. The number of hydrogen-bond donors (Lipinski definition) is 1. The summed E-state index contributed by atoms with van der Waals surface area (Å²) in [7, 11) is 1.60. The fraction of sp³-hybridized carbons (Fsp3) is 0.400. The minimum Gasteiger partial charge on any atom is -0.493 e. The predicted octanol–water partition coefficient (Wildman–Crippen LogP) is 3.45. The molecule has 0 aliphatic heterocycles. The van der Waals surface area contributed by atoms with Crippen LogP contribution < -0.4 is 15.2 Å². The smallest absolute Gasteiger partial charge is 0.165 e. The Balaban J connectivity index is 2.20. The zero-order valence-corrected chi connectivity index (χ0v) is 13.8. The average molecular weight is 327 g/mol. The van der Waals surface area contributed by atoms with Gasteiger partial charge in [-0.3, -0.25) is 0 Å². The fourth-order valence-electron chi connectivity index (χ4n) is 2.00. The summed E-state index contributed by atoms with van der Waals surface area (Å²) >= 11 is 7.74. The number of hydrogen-bond acceptors (Lipinski definition) is 5. The lowest BCUT2D eigenvalue weighted by molar-refractivity contribution is 0.278. The standard InChI is InChI=1S/C15H19ClN2O2S/c1-3-14-18-12(9-21-14)8-20-15-10(4-5-17)6-11(16)7-13(15)19-2/h6-7,9H,3-5,8,17H2,1-2H3. The molecular weight excluding hydrogens is 308 g/mol. The maximum atomic E-state index is 6.09. The van der Waals surface area contributed by atoms with Gasteiger partial charge in [-0.25, -0.2) is 4.98 Å². The Kier molecular flexibility index (Phi) is 5.85. The molecule has 21 heavy (non-hydrogen) atoms. The van der Waals surface area contributed by atoms with Gasteiger partial charge in [0, 0.05) is 22.0 Å². The van der Waals surface area contributed by atoms with Gasteiger partial charge >= 0.3 is 0 Å². The molecule has 0 bridgehead atoms. The van der Waals surface area contributed by atoms with Gasteiger partial charge in [-0.1, -0.05) is 18.5 Å². The van der Waals surface area contributed by atoms with E-state index in [1.807, 2.05) is 11.4 Å². The lowest BCUT2D eigenvalue weighted by Crippen LogP contribution is -2.07. The van der Waals surface area contributed by atoms with Gasteiger partial charge in [-0.15, -0.1) is 11.3 Å². The molecule has 0 radical (unpaired) electrons. The second kappa shape index (κ2) is 7.64. The largest absolute Gasteiger partial charge is 0.493 e. The topological polar surface area (TPSA) is 57.4 Å². The van der Waals surface area contributed by atoms with E-state index in [1.165, 1.54) is 0 Å². The Morgan fingerprint density at radius 1 is 1.38 bits per heavy atom. The van der Waals surface area contributed by atoms with Gasteiger partial charge in [0.1, 0.15) is 6.61 Å². The maximum Gasteiger partial charge on any atom is 0.165 e. The van der Waals surface area contributed by atoms with Crippen molar-refractivity contribution in [1.29, 1.82) is 0 Å². The minimum atomic E-state index is 0.409. The second-order valence-corrected chi connectivity index (χ2v) is 5.89. The highest BCUT2D eigenvalue weighted by Crippen LogP contribution is 2.35. The molecule has 0 aliphatic rings. The van der Waals surface area contributed by atoms with Crippen molar-refractivity contribution in [3.8, 4) is 11.5 Å². The first-order valence-electron chi connectivity index (χ1n) is 6.80. The molecule has 0 amide bonds. The molecule has 2 aromatic rings. The number of rotatable bonds is 7. The van der Waals surface area contributed by atoms with Gasteiger partial charge in [-0.2, -0.15) is 0 Å². The van der Waals surface area contributed by atoms with E-state index in [9.17, 15) is 0 Å². The molecule has 4 nitrogen and oxygen atoms in total. The summed E-state index contributed by atoms with van der Waals surface area (Å²) in [6, 6.07) is 3.61. The Labute approximate surface area is 133 Å². The monoisotopic (exact) mass is 326 g/mol. The van der Waals surface area contributed by atoms with Crippen LogP contribution in [-0.4, -0.2) is 18.6 Å². The van der Waals surface area contributed by atoms with Gasteiger partial charge < -0.3 is 15.2 Å². The first-order valence-corrected chi connectivity index (χ1v) is 8.06. The molecular formula is C15H19ClN2O2S. The number of halogens is 1. The van der Waals surface area contributed by atoms with E-state index in [-0.39, 0.29) is 0 Å². The number of aryl methyl sites for hydroxylation is 1. The lowest BCUT2D eigenvalue weighted by atomic mass is 10.1. The van der Waals surface area contributed by atoms with Crippen molar-refractivity contribution >= 4 is 22.9 Å². The SMILES string of the molecule is CCc1nc(COc2c(CCN)cc(Cl)cc2OC)cs1. The van der Waals surface area contributed by atoms with Gasteiger partial charge in [0.15, 0.2) is 11.5 Å². The highest BCUT2D eigenvalue weighted by molar-refractivity contribution is 7.09. The van der Waals surface area contributed by atoms with Crippen LogP contribution in [0, 0.1) is 0 Å². The molecule has 0 spiro atoms. The molecule has 2 rings (SSSR count). The molecule has 6 heteroatoms. The number of ether oxygens (including phenoxy) is 2. The molecule has 1 aromatic carbocycles. The number of nitrogens with zero attached hydrogens (tertiary/aromatic N) is 1. The average Bonchev–Trinajstić information content (AvgIpc) is 2.94. The van der Waals surface area contributed by atoms with Crippen molar-refractivity contribution in [2.75, 3.05) is 13.7 Å². The van der Waals surface area contributed by atoms with Crippen molar-refractivity contribution in [2.45, 2.75) is 26.4 Å². The Bertz CT molecular complexity index is 601. The summed E-state index contributed by atoms with van der Waals surface area (Å²) in [5, 5.41) is 3.74. The summed E-state index contributed by atoms with van der Waals surface area (Å²) in [5.74, 6) is 1.32. The molecule has 0 saturated heterocycles. The lowest BCUT2D eigenvalue weighted by Gasteiger charge is -2.15. The molecule has 0 aliphatic carbocycles. The molecule has 0 unspecified atom stereocenters. The third-order valence-electron chi connectivity index (χ3n) is 3.00. The van der Waals surface area contributed by atoms with Gasteiger partial charge in [0.2, 0.25) is 0 Å². The van der Waals surface area contributed by atoms with Crippen LogP contribution in [0.2, 0.25) is 5.02 Å². The van der Waals surface area contributed by atoms with Crippen LogP contribution in [0.1, 0.15) is 23.2 Å². The van der Waals surface area contributed by atoms with Crippen molar-refractivity contribution in [2.24, 2.45) is 5.73 Å². The zero-order chi connectivity index (χ0) is 15.2. The van der Waals surface area contributed by atoms with E-state index in [0.717, 1.165) is 22.7 Å². The Morgan fingerprint density at radius 2 is 2.19 bits per heavy atom. The first kappa shape index (κ1) is 16.1. The molecule has 2 N–H and O–H groups in total. The van der Waals surface area contributed by atoms with Crippen LogP contribution in [0.25, 0.3) is 0 Å². The fourth-order valence-corrected chi connectivity index (χ4v) is 2.96. The van der Waals surface area contributed by atoms with Crippen LogP contribution in [0.4, 0.5) is 0 Å². The second-order valence-electron chi connectivity index (χ2n) is 4.51. The zero-order valence-electron chi connectivity index (χ0n) is 12.2. The predicted molar refractivity (Wildman–Crippen MR) is 86.6 cm³/mol. The molecule has 1 aromatic heterocycles. The van der Waals surface area contributed by atoms with E-state index in [1.54, 1.807) is 24.5 Å². The minimum absolute atomic E-state index is 0.409. The normalized spacial score (nSPS) is 10.7. The summed E-state index contributed by atoms with van der Waals surface area (Å²) in [4.78, 5) is 4.49. The van der Waals surface area contributed by atoms with Crippen LogP contribution in [0.3, 0.4) is 0 Å². The number of thiazole rings is 1. The van der Waals surface area contributed by atoms with Crippen LogP contribution in [0.5, 0.6) is 11.5 Å². The molecule has 0 atom stereocenters. The summed E-state index contributed by atoms with van der Waals surface area (Å²) < 4.78 is 11.3. The first-order chi connectivity index (χ1) is 10.2. The van der Waals surface area contributed by atoms with Gasteiger partial charge in [0.25, 0.3) is 0 Å². The Hall–Kier alpha value is -1.30. The van der Waals surface area contributed by atoms with Crippen molar-refractivity contribution < 1.29 is 9.47 Å². The number of methoxy groups -OCH3 is 1. The molecule has 114 valence electrons. The van der Waals surface area contributed by atoms with Crippen molar-refractivity contribution in [3.05, 3.63) is 38.8 Å². The molecule has 0 fully saturated rings. The number of nitrogens with two attached hydrogens (primary N) is 1. The van der Waals surface area contributed by atoms with Crippen LogP contribution in [-0.2, 0) is 19.4 Å². The molecule has 0 saturated carbocycles. The third-order valence-corrected chi connectivity index (χ3v) is 4.26. The van der Waals surface area contributed by atoms with Gasteiger partial charge in [-0.05, 0) is 25.5 Å². The van der Waals surface area contributed by atoms with E-state index < -0.39 is 0 Å². The Morgan fingerprint density at radius 3 is 2.81 bits per heavy atom. The summed E-state index contributed by atoms with van der Waals surface area (Å²) in [6.45, 7) is 3.02. The molecule has 1 heterocycles. The third kappa shape index (κ3) is 4.09. The highest BCUT2D eigenvalue weighted by atomic mass is 35.5. The van der Waals surface area contributed by atoms with E-state index in [4.69, 9.17) is 26.8 Å².